The van der Waals surface area contributed by atoms with E-state index in [-0.39, 0.29) is 0 Å². The Morgan fingerprint density at radius 3 is 1.64 bits per heavy atom. The highest BCUT2D eigenvalue weighted by Gasteiger charge is 2.51. The highest BCUT2D eigenvalue weighted by Crippen LogP contribution is 2.36. The van der Waals surface area contributed by atoms with Gasteiger partial charge in [-0.25, -0.2) is 17.6 Å². The van der Waals surface area contributed by atoms with Crippen LogP contribution in [0.5, 0.6) is 0 Å². The lowest BCUT2D eigenvalue weighted by Gasteiger charge is -2.24. The van der Waals surface area contributed by atoms with Crippen molar-refractivity contribution in [2.45, 2.75) is 44.2 Å². The second-order valence-corrected chi connectivity index (χ2v) is 2.84. The van der Waals surface area contributed by atoms with Gasteiger partial charge < -0.3 is 0 Å². The predicted molar refractivity (Wildman–Crippen MR) is 35.7 cm³/mol. The van der Waals surface area contributed by atoms with Crippen LogP contribution in [0.1, 0.15) is 19.8 Å². The molecule has 0 rings (SSSR count). The zero-order chi connectivity index (χ0) is 11.6. The first-order chi connectivity index (χ1) is 6.11. The van der Waals surface area contributed by atoms with E-state index in [1.807, 2.05) is 0 Å². The molecule has 7 heteroatoms. The fourth-order valence-corrected chi connectivity index (χ4v) is 0.808. The Morgan fingerprint density at radius 2 is 1.36 bits per heavy atom. The third kappa shape index (κ3) is 3.71. The summed E-state index contributed by atoms with van der Waals surface area (Å²) in [6, 6.07) is 0. The Morgan fingerprint density at radius 1 is 0.929 bits per heavy atom. The van der Waals surface area contributed by atoms with Crippen LogP contribution < -0.4 is 0 Å². The van der Waals surface area contributed by atoms with Gasteiger partial charge in [0.2, 0.25) is 0 Å². The molecule has 1 unspecified atom stereocenters. The monoisotopic (exact) mass is 226 g/mol. The van der Waals surface area contributed by atoms with Crippen molar-refractivity contribution in [3.63, 3.8) is 0 Å². The van der Waals surface area contributed by atoms with Crippen LogP contribution in [0.3, 0.4) is 0 Å². The number of rotatable bonds is 4. The zero-order valence-corrected chi connectivity index (χ0v) is 7.21. The van der Waals surface area contributed by atoms with Crippen molar-refractivity contribution < 1.29 is 30.7 Å². The second-order valence-electron chi connectivity index (χ2n) is 2.84. The van der Waals surface area contributed by atoms with Crippen molar-refractivity contribution in [1.82, 2.24) is 0 Å². The largest absolute Gasteiger partial charge is 0.392 e. The van der Waals surface area contributed by atoms with Crippen LogP contribution in [-0.4, -0.2) is 24.4 Å². The van der Waals surface area contributed by atoms with Crippen molar-refractivity contribution >= 4 is 0 Å². The number of halogens is 7. The summed E-state index contributed by atoms with van der Waals surface area (Å²) in [6.07, 6.45) is -14.5. The first kappa shape index (κ1) is 13.5. The average molecular weight is 226 g/mol. The standard InChI is InChI=1S/C7H9F7/c1-2-4(8)7(13,14)5(9)3-6(10,11)12/h4-5H,2-3H2,1H3/t4?,5-/m0/s1. The van der Waals surface area contributed by atoms with Crippen LogP contribution in [0.15, 0.2) is 0 Å². The van der Waals surface area contributed by atoms with E-state index in [1.165, 1.54) is 0 Å². The Bertz CT molecular complexity index is 173. The molecule has 0 heterocycles. The lowest BCUT2D eigenvalue weighted by Crippen LogP contribution is -2.41. The SMILES string of the molecule is CCC(F)C(F)(F)[C@@H](F)CC(F)(F)F. The van der Waals surface area contributed by atoms with E-state index in [2.05, 4.69) is 0 Å². The van der Waals surface area contributed by atoms with Crippen LogP contribution in [0.2, 0.25) is 0 Å². The molecule has 0 amide bonds. The topological polar surface area (TPSA) is 0 Å². The predicted octanol–water partition coefficient (Wildman–Crippen LogP) is 3.66. The molecule has 0 bridgehead atoms. The molecule has 0 saturated carbocycles. The van der Waals surface area contributed by atoms with Gasteiger partial charge in [0.1, 0.15) is 0 Å². The van der Waals surface area contributed by atoms with Crippen LogP contribution in [-0.2, 0) is 0 Å². The van der Waals surface area contributed by atoms with Gasteiger partial charge >= 0.3 is 12.1 Å². The lowest BCUT2D eigenvalue weighted by atomic mass is 10.0. The molecule has 0 fully saturated rings. The second kappa shape index (κ2) is 4.35. The van der Waals surface area contributed by atoms with Gasteiger partial charge in [0.15, 0.2) is 12.3 Å². The molecule has 14 heavy (non-hydrogen) atoms. The molecule has 0 spiro atoms. The summed E-state index contributed by atoms with van der Waals surface area (Å²) in [6.45, 7) is 0.999. The van der Waals surface area contributed by atoms with Crippen molar-refractivity contribution in [1.29, 1.82) is 0 Å². The van der Waals surface area contributed by atoms with Gasteiger partial charge in [0, 0.05) is 0 Å². The van der Waals surface area contributed by atoms with Gasteiger partial charge in [-0.2, -0.15) is 13.2 Å². The maximum absolute atomic E-state index is 12.5. The van der Waals surface area contributed by atoms with Crippen LogP contribution >= 0.6 is 0 Å². The maximum atomic E-state index is 12.5. The summed E-state index contributed by atoms with van der Waals surface area (Å²) in [5.74, 6) is -4.58. The molecule has 0 saturated heterocycles. The first-order valence-corrected chi connectivity index (χ1v) is 3.84. The number of hydrogen-bond donors (Lipinski definition) is 0. The molecular weight excluding hydrogens is 217 g/mol. The minimum Gasteiger partial charge on any atom is -0.241 e. The molecule has 2 atom stereocenters. The van der Waals surface area contributed by atoms with Crippen molar-refractivity contribution in [3.05, 3.63) is 0 Å². The zero-order valence-electron chi connectivity index (χ0n) is 7.21. The van der Waals surface area contributed by atoms with E-state index in [0.717, 1.165) is 6.92 Å². The van der Waals surface area contributed by atoms with Gasteiger partial charge in [0.05, 0.1) is 6.42 Å². The molecular formula is C7H9F7. The quantitative estimate of drug-likeness (QED) is 0.641. The number of hydrogen-bond acceptors (Lipinski definition) is 0. The summed E-state index contributed by atoms with van der Waals surface area (Å²) in [5, 5.41) is 0. The van der Waals surface area contributed by atoms with E-state index in [9.17, 15) is 30.7 Å². The van der Waals surface area contributed by atoms with Crippen molar-refractivity contribution in [2.75, 3.05) is 0 Å². The van der Waals surface area contributed by atoms with Crippen molar-refractivity contribution in [2.24, 2.45) is 0 Å². The van der Waals surface area contributed by atoms with Gasteiger partial charge in [-0.05, 0) is 6.42 Å². The van der Waals surface area contributed by atoms with Crippen LogP contribution in [0, 0.1) is 0 Å². The highest BCUT2D eigenvalue weighted by molar-refractivity contribution is 4.85. The summed E-state index contributed by atoms with van der Waals surface area (Å²) >= 11 is 0. The number of alkyl halides is 7. The molecule has 0 aromatic rings. The van der Waals surface area contributed by atoms with E-state index in [4.69, 9.17) is 0 Å². The van der Waals surface area contributed by atoms with Gasteiger partial charge in [-0.1, -0.05) is 6.92 Å². The molecule has 0 aromatic carbocycles. The lowest BCUT2D eigenvalue weighted by molar-refractivity contribution is -0.192. The van der Waals surface area contributed by atoms with E-state index in [0.29, 0.717) is 0 Å². The fraction of sp³-hybridized carbons (Fsp3) is 1.00. The smallest absolute Gasteiger partial charge is 0.241 e. The summed E-state index contributed by atoms with van der Waals surface area (Å²) in [4.78, 5) is 0. The Kier molecular flexibility index (Phi) is 4.20. The molecule has 0 aliphatic carbocycles. The van der Waals surface area contributed by atoms with Crippen molar-refractivity contribution in [3.8, 4) is 0 Å². The normalized spacial score (nSPS) is 18.0. The van der Waals surface area contributed by atoms with Gasteiger partial charge in [-0.15, -0.1) is 0 Å². The first-order valence-electron chi connectivity index (χ1n) is 3.84. The molecule has 0 radical (unpaired) electrons. The molecule has 0 N–H and O–H groups in total. The maximum Gasteiger partial charge on any atom is 0.392 e. The fourth-order valence-electron chi connectivity index (χ4n) is 0.808. The minimum atomic E-state index is -5.06. The minimum absolute atomic E-state index is 0.731. The summed E-state index contributed by atoms with van der Waals surface area (Å²) < 4.78 is 84.3. The Hall–Kier alpha value is -0.490. The molecule has 86 valence electrons. The molecule has 0 aromatic heterocycles. The van der Waals surface area contributed by atoms with E-state index < -0.39 is 37.3 Å². The third-order valence-electron chi connectivity index (χ3n) is 1.60. The highest BCUT2D eigenvalue weighted by atomic mass is 19.4. The summed E-state index contributed by atoms with van der Waals surface area (Å²) in [5.41, 5.74) is 0. The van der Waals surface area contributed by atoms with E-state index in [1.54, 1.807) is 0 Å². The third-order valence-corrected chi connectivity index (χ3v) is 1.60. The average Bonchev–Trinajstić information content (AvgIpc) is 1.99. The van der Waals surface area contributed by atoms with Crippen LogP contribution in [0.25, 0.3) is 0 Å². The van der Waals surface area contributed by atoms with Gasteiger partial charge in [-0.3, -0.25) is 0 Å². The molecule has 0 aliphatic heterocycles. The summed E-state index contributed by atoms with van der Waals surface area (Å²) in [7, 11) is 0. The molecule has 0 nitrogen and oxygen atoms in total. The Labute approximate surface area is 76.1 Å². The van der Waals surface area contributed by atoms with Crippen LogP contribution in [0.4, 0.5) is 30.7 Å². The van der Waals surface area contributed by atoms with Gasteiger partial charge in [0.25, 0.3) is 0 Å². The Balaban J connectivity index is 4.43. The molecule has 0 aliphatic rings. The van der Waals surface area contributed by atoms with E-state index >= 15 is 0 Å².